The summed E-state index contributed by atoms with van der Waals surface area (Å²) in [6.07, 6.45) is 0.911. The molecular formula is C19H25N3O2. The summed E-state index contributed by atoms with van der Waals surface area (Å²) in [5.74, 6) is 0.708. The van der Waals surface area contributed by atoms with Gasteiger partial charge in [-0.25, -0.2) is 4.79 Å². The van der Waals surface area contributed by atoms with Crippen LogP contribution in [0.1, 0.15) is 6.42 Å². The number of methoxy groups -OCH3 is 1. The number of nitrogens with one attached hydrogen (secondary N) is 2. The molecule has 0 unspecified atom stereocenters. The molecule has 2 rings (SSSR count). The van der Waals surface area contributed by atoms with E-state index in [1.165, 1.54) is 0 Å². The van der Waals surface area contributed by atoms with E-state index in [0.717, 1.165) is 24.1 Å². The number of benzene rings is 2. The van der Waals surface area contributed by atoms with E-state index in [0.29, 0.717) is 18.0 Å². The summed E-state index contributed by atoms with van der Waals surface area (Å²) in [5, 5.41) is 5.74. The number of anilines is 1. The van der Waals surface area contributed by atoms with Crippen LogP contribution >= 0.6 is 0 Å². The first kappa shape index (κ1) is 17.8. The number of urea groups is 1. The first-order chi connectivity index (χ1) is 11.6. The van der Waals surface area contributed by atoms with Gasteiger partial charge in [0.05, 0.1) is 7.11 Å². The van der Waals surface area contributed by atoms with E-state index in [9.17, 15) is 4.79 Å². The Morgan fingerprint density at radius 1 is 1.08 bits per heavy atom. The number of carbonyl (C=O) groups excluding carboxylic acids is 1. The second-order valence-corrected chi connectivity index (χ2v) is 5.85. The van der Waals surface area contributed by atoms with Crippen LogP contribution in [0.15, 0.2) is 48.5 Å². The van der Waals surface area contributed by atoms with Crippen LogP contribution in [0.2, 0.25) is 0 Å². The van der Waals surface area contributed by atoms with Crippen molar-refractivity contribution in [1.29, 1.82) is 0 Å². The van der Waals surface area contributed by atoms with Gasteiger partial charge in [-0.15, -0.1) is 0 Å². The quantitative estimate of drug-likeness (QED) is 0.766. The molecule has 5 heteroatoms. The molecule has 0 aliphatic heterocycles. The van der Waals surface area contributed by atoms with Crippen molar-refractivity contribution < 1.29 is 9.53 Å². The second-order valence-electron chi connectivity index (χ2n) is 5.85. The molecule has 128 valence electrons. The smallest absolute Gasteiger partial charge is 0.319 e. The molecule has 0 radical (unpaired) electrons. The van der Waals surface area contributed by atoms with Gasteiger partial charge in [-0.2, -0.15) is 0 Å². The third kappa shape index (κ3) is 5.59. The molecule has 0 bridgehead atoms. The van der Waals surface area contributed by atoms with E-state index < -0.39 is 0 Å². The zero-order valence-electron chi connectivity index (χ0n) is 14.5. The molecule has 0 fully saturated rings. The molecule has 0 aliphatic carbocycles. The Morgan fingerprint density at radius 3 is 2.50 bits per heavy atom. The zero-order chi connectivity index (χ0) is 17.4. The Balaban J connectivity index is 2.03. The van der Waals surface area contributed by atoms with Gasteiger partial charge in [0.1, 0.15) is 5.75 Å². The molecule has 0 spiro atoms. The van der Waals surface area contributed by atoms with E-state index in [1.807, 2.05) is 62.6 Å². The maximum atomic E-state index is 12.0. The molecular weight excluding hydrogens is 302 g/mol. The van der Waals surface area contributed by atoms with Gasteiger partial charge >= 0.3 is 6.03 Å². The highest BCUT2D eigenvalue weighted by molar-refractivity contribution is 5.90. The van der Waals surface area contributed by atoms with Crippen molar-refractivity contribution >= 4 is 11.7 Å². The summed E-state index contributed by atoms with van der Waals surface area (Å²) in [4.78, 5) is 14.1. The normalized spacial score (nSPS) is 10.5. The van der Waals surface area contributed by atoms with Gasteiger partial charge in [0.15, 0.2) is 0 Å². The van der Waals surface area contributed by atoms with Gasteiger partial charge in [0, 0.05) is 18.3 Å². The SMILES string of the molecule is COc1cc(NC(=O)NCCCN(C)C)cc(-c2ccccc2)c1. The molecule has 2 aromatic rings. The van der Waals surface area contributed by atoms with Crippen molar-refractivity contribution in [2.75, 3.05) is 39.6 Å². The van der Waals surface area contributed by atoms with Crippen LogP contribution in [0.25, 0.3) is 11.1 Å². The van der Waals surface area contributed by atoms with Crippen molar-refractivity contribution in [3.05, 3.63) is 48.5 Å². The number of carbonyl (C=O) groups is 1. The molecule has 2 N–H and O–H groups in total. The average molecular weight is 327 g/mol. The number of ether oxygens (including phenoxy) is 1. The van der Waals surface area contributed by atoms with Gasteiger partial charge in [-0.1, -0.05) is 30.3 Å². The number of amides is 2. The van der Waals surface area contributed by atoms with Crippen LogP contribution in [0.5, 0.6) is 5.75 Å². The fourth-order valence-electron chi connectivity index (χ4n) is 2.36. The third-order valence-corrected chi connectivity index (χ3v) is 3.57. The number of hydrogen-bond donors (Lipinski definition) is 2. The molecule has 2 aromatic carbocycles. The van der Waals surface area contributed by atoms with Crippen LogP contribution in [0, 0.1) is 0 Å². The van der Waals surface area contributed by atoms with Gasteiger partial charge in [0.25, 0.3) is 0 Å². The molecule has 0 aliphatic rings. The van der Waals surface area contributed by atoms with E-state index in [1.54, 1.807) is 7.11 Å². The lowest BCUT2D eigenvalue weighted by Gasteiger charge is -2.12. The lowest BCUT2D eigenvalue weighted by atomic mass is 10.0. The molecule has 0 atom stereocenters. The van der Waals surface area contributed by atoms with E-state index in [2.05, 4.69) is 15.5 Å². The standard InChI is InChI=1S/C19H25N3O2/c1-22(2)11-7-10-20-19(23)21-17-12-16(13-18(14-17)24-3)15-8-5-4-6-9-15/h4-6,8-9,12-14H,7,10-11H2,1-3H3,(H2,20,21,23). The highest BCUT2D eigenvalue weighted by atomic mass is 16.5. The monoisotopic (exact) mass is 327 g/mol. The first-order valence-electron chi connectivity index (χ1n) is 8.02. The Hall–Kier alpha value is -2.53. The summed E-state index contributed by atoms with van der Waals surface area (Å²) in [6, 6.07) is 15.5. The van der Waals surface area contributed by atoms with Crippen molar-refractivity contribution in [2.24, 2.45) is 0 Å². The largest absolute Gasteiger partial charge is 0.497 e. The number of hydrogen-bond acceptors (Lipinski definition) is 3. The molecule has 5 nitrogen and oxygen atoms in total. The van der Waals surface area contributed by atoms with E-state index in [4.69, 9.17) is 4.74 Å². The van der Waals surface area contributed by atoms with Gasteiger partial charge in [-0.3, -0.25) is 0 Å². The van der Waals surface area contributed by atoms with Crippen molar-refractivity contribution in [3.8, 4) is 16.9 Å². The zero-order valence-corrected chi connectivity index (χ0v) is 14.5. The van der Waals surface area contributed by atoms with Crippen LogP contribution in [-0.4, -0.2) is 45.2 Å². The Labute approximate surface area is 143 Å². The average Bonchev–Trinajstić information content (AvgIpc) is 2.59. The van der Waals surface area contributed by atoms with Crippen LogP contribution < -0.4 is 15.4 Å². The number of rotatable bonds is 7. The van der Waals surface area contributed by atoms with Gasteiger partial charge < -0.3 is 20.3 Å². The second kappa shape index (κ2) is 8.93. The fourth-order valence-corrected chi connectivity index (χ4v) is 2.36. The van der Waals surface area contributed by atoms with E-state index in [-0.39, 0.29) is 6.03 Å². The summed E-state index contributed by atoms with van der Waals surface area (Å²) < 4.78 is 5.35. The topological polar surface area (TPSA) is 53.6 Å². The number of nitrogens with zero attached hydrogens (tertiary/aromatic N) is 1. The molecule has 24 heavy (non-hydrogen) atoms. The van der Waals surface area contributed by atoms with Gasteiger partial charge in [-0.05, 0) is 50.3 Å². The highest BCUT2D eigenvalue weighted by Gasteiger charge is 2.07. The molecule has 2 amide bonds. The fraction of sp³-hybridized carbons (Fsp3) is 0.316. The van der Waals surface area contributed by atoms with Crippen molar-refractivity contribution in [2.45, 2.75) is 6.42 Å². The maximum absolute atomic E-state index is 12.0. The predicted octanol–water partition coefficient (Wildman–Crippen LogP) is 3.44. The minimum atomic E-state index is -0.207. The van der Waals surface area contributed by atoms with Crippen LogP contribution in [-0.2, 0) is 0 Å². The Morgan fingerprint density at radius 2 is 1.83 bits per heavy atom. The first-order valence-corrected chi connectivity index (χ1v) is 8.02. The molecule has 0 saturated heterocycles. The van der Waals surface area contributed by atoms with Gasteiger partial charge in [0.2, 0.25) is 0 Å². The maximum Gasteiger partial charge on any atom is 0.319 e. The van der Waals surface area contributed by atoms with Crippen LogP contribution in [0.4, 0.5) is 10.5 Å². The minimum absolute atomic E-state index is 0.207. The summed E-state index contributed by atoms with van der Waals surface area (Å²) in [5.41, 5.74) is 2.78. The van der Waals surface area contributed by atoms with E-state index >= 15 is 0 Å². The third-order valence-electron chi connectivity index (χ3n) is 3.57. The van der Waals surface area contributed by atoms with Crippen molar-refractivity contribution in [3.63, 3.8) is 0 Å². The molecule has 0 aromatic heterocycles. The van der Waals surface area contributed by atoms with Crippen molar-refractivity contribution in [1.82, 2.24) is 10.2 Å². The Kier molecular flexibility index (Phi) is 6.63. The predicted molar refractivity (Wildman–Crippen MR) is 98.6 cm³/mol. The molecule has 0 heterocycles. The summed E-state index contributed by atoms with van der Waals surface area (Å²) in [7, 11) is 5.65. The summed E-state index contributed by atoms with van der Waals surface area (Å²) >= 11 is 0. The lowest BCUT2D eigenvalue weighted by Crippen LogP contribution is -2.31. The minimum Gasteiger partial charge on any atom is -0.497 e. The lowest BCUT2D eigenvalue weighted by molar-refractivity contribution is 0.251. The Bertz CT molecular complexity index is 657. The molecule has 0 saturated carbocycles. The van der Waals surface area contributed by atoms with Crippen LogP contribution in [0.3, 0.4) is 0 Å². The highest BCUT2D eigenvalue weighted by Crippen LogP contribution is 2.28. The summed E-state index contributed by atoms with van der Waals surface area (Å²) in [6.45, 7) is 1.58.